The number of aromatic nitrogens is 1. The van der Waals surface area contributed by atoms with Crippen LogP contribution in [0.2, 0.25) is 0 Å². The summed E-state index contributed by atoms with van der Waals surface area (Å²) in [5.74, 6) is -1.30. The van der Waals surface area contributed by atoms with Crippen LogP contribution in [0, 0.1) is 6.92 Å². The average molecular weight is 360 g/mol. The summed E-state index contributed by atoms with van der Waals surface area (Å²) in [5, 5.41) is 11.7. The van der Waals surface area contributed by atoms with Gasteiger partial charge in [-0.25, -0.2) is 9.78 Å². The van der Waals surface area contributed by atoms with Crippen LogP contribution in [0.15, 0.2) is 29.6 Å². The normalized spacial score (nSPS) is 20.5. The molecule has 6 nitrogen and oxygen atoms in total. The number of benzene rings is 1. The number of rotatable bonds is 4. The number of carbonyl (C=O) groups is 2. The number of amides is 1. The van der Waals surface area contributed by atoms with Gasteiger partial charge in [0.05, 0.1) is 17.7 Å². The Labute approximate surface area is 150 Å². The quantitative estimate of drug-likeness (QED) is 0.905. The number of nitrogens with zero attached hydrogens (tertiary/aromatic N) is 2. The van der Waals surface area contributed by atoms with Gasteiger partial charge in [0.25, 0.3) is 5.91 Å². The SMILES string of the molecule is Cc1ccc(Cc2nc(C(=O)N3CC(C(=O)O)O[C@H](C)C3)cs2)cc1. The zero-order chi connectivity index (χ0) is 18.0. The smallest absolute Gasteiger partial charge is 0.334 e. The van der Waals surface area contributed by atoms with E-state index in [1.54, 1.807) is 12.3 Å². The van der Waals surface area contributed by atoms with Crippen LogP contribution in [-0.2, 0) is 16.0 Å². The van der Waals surface area contributed by atoms with Gasteiger partial charge in [-0.1, -0.05) is 29.8 Å². The van der Waals surface area contributed by atoms with Gasteiger partial charge in [0, 0.05) is 18.3 Å². The first-order valence-corrected chi connectivity index (χ1v) is 8.98. The second-order valence-electron chi connectivity index (χ2n) is 6.27. The lowest BCUT2D eigenvalue weighted by Gasteiger charge is -2.34. The first-order valence-electron chi connectivity index (χ1n) is 8.10. The van der Waals surface area contributed by atoms with E-state index in [2.05, 4.69) is 29.2 Å². The number of carbonyl (C=O) groups excluding carboxylic acids is 1. The average Bonchev–Trinajstić information content (AvgIpc) is 3.04. The number of carboxylic acid groups (broad SMARTS) is 1. The fraction of sp³-hybridized carbons (Fsp3) is 0.389. The highest BCUT2D eigenvalue weighted by Gasteiger charge is 2.33. The van der Waals surface area contributed by atoms with Crippen molar-refractivity contribution in [3.8, 4) is 0 Å². The molecule has 25 heavy (non-hydrogen) atoms. The molecular weight excluding hydrogens is 340 g/mol. The number of morpholine rings is 1. The maximum Gasteiger partial charge on any atom is 0.334 e. The Morgan fingerprint density at radius 3 is 2.72 bits per heavy atom. The fourth-order valence-electron chi connectivity index (χ4n) is 2.79. The second-order valence-corrected chi connectivity index (χ2v) is 7.22. The van der Waals surface area contributed by atoms with Crippen molar-refractivity contribution in [1.82, 2.24) is 9.88 Å². The molecule has 0 spiro atoms. The topological polar surface area (TPSA) is 79.7 Å². The zero-order valence-corrected chi connectivity index (χ0v) is 15.0. The molecule has 132 valence electrons. The van der Waals surface area contributed by atoms with E-state index in [0.717, 1.165) is 10.6 Å². The molecule has 0 radical (unpaired) electrons. The summed E-state index contributed by atoms with van der Waals surface area (Å²) in [4.78, 5) is 29.8. The molecule has 1 N–H and O–H groups in total. The highest BCUT2D eigenvalue weighted by atomic mass is 32.1. The summed E-state index contributed by atoms with van der Waals surface area (Å²) in [7, 11) is 0. The van der Waals surface area contributed by atoms with E-state index in [4.69, 9.17) is 9.84 Å². The number of hydrogen-bond donors (Lipinski definition) is 1. The van der Waals surface area contributed by atoms with E-state index in [1.165, 1.54) is 21.8 Å². The Bertz CT molecular complexity index is 772. The Hall–Kier alpha value is -2.25. The first kappa shape index (κ1) is 17.6. The van der Waals surface area contributed by atoms with Gasteiger partial charge in [0.2, 0.25) is 0 Å². The van der Waals surface area contributed by atoms with Crippen molar-refractivity contribution >= 4 is 23.2 Å². The summed E-state index contributed by atoms with van der Waals surface area (Å²) in [6.45, 7) is 4.22. The van der Waals surface area contributed by atoms with E-state index in [0.29, 0.717) is 18.7 Å². The summed E-state index contributed by atoms with van der Waals surface area (Å²) in [6.07, 6.45) is -0.627. The predicted octanol–water partition coefficient (Wildman–Crippen LogP) is 2.36. The number of ether oxygens (including phenoxy) is 1. The van der Waals surface area contributed by atoms with Gasteiger partial charge in [0.1, 0.15) is 5.69 Å². The van der Waals surface area contributed by atoms with Crippen molar-refractivity contribution in [2.24, 2.45) is 0 Å². The van der Waals surface area contributed by atoms with Gasteiger partial charge in [-0.3, -0.25) is 4.79 Å². The van der Waals surface area contributed by atoms with Crippen LogP contribution >= 0.6 is 11.3 Å². The highest BCUT2D eigenvalue weighted by molar-refractivity contribution is 7.09. The maximum absolute atomic E-state index is 12.6. The molecule has 2 aromatic rings. The molecule has 1 aliphatic rings. The fourth-order valence-corrected chi connectivity index (χ4v) is 3.59. The third-order valence-corrected chi connectivity index (χ3v) is 4.92. The lowest BCUT2D eigenvalue weighted by atomic mass is 10.1. The molecule has 1 unspecified atom stereocenters. The number of aryl methyl sites for hydroxylation is 1. The van der Waals surface area contributed by atoms with Crippen molar-refractivity contribution < 1.29 is 19.4 Å². The van der Waals surface area contributed by atoms with Gasteiger partial charge in [0.15, 0.2) is 6.10 Å². The molecule has 1 aromatic heterocycles. The monoisotopic (exact) mass is 360 g/mol. The van der Waals surface area contributed by atoms with Gasteiger partial charge >= 0.3 is 5.97 Å². The standard InChI is InChI=1S/C18H20N2O4S/c1-11-3-5-13(6-4-11)7-16-19-14(10-25-16)17(21)20-8-12(2)24-15(9-20)18(22)23/h3-6,10,12,15H,7-9H2,1-2H3,(H,22,23)/t12-,15?/m1/s1. The van der Waals surface area contributed by atoms with Crippen LogP contribution in [0.25, 0.3) is 0 Å². The summed E-state index contributed by atoms with van der Waals surface area (Å²) < 4.78 is 5.35. The van der Waals surface area contributed by atoms with Crippen LogP contribution < -0.4 is 0 Å². The predicted molar refractivity (Wildman–Crippen MR) is 94.0 cm³/mol. The molecule has 2 atom stereocenters. The Balaban J connectivity index is 1.69. The highest BCUT2D eigenvalue weighted by Crippen LogP contribution is 2.19. The van der Waals surface area contributed by atoms with Crippen LogP contribution in [0.3, 0.4) is 0 Å². The number of aliphatic carboxylic acids is 1. The van der Waals surface area contributed by atoms with Crippen LogP contribution in [0.4, 0.5) is 0 Å². The minimum Gasteiger partial charge on any atom is -0.479 e. The van der Waals surface area contributed by atoms with Crippen molar-refractivity contribution in [3.63, 3.8) is 0 Å². The molecule has 1 fully saturated rings. The lowest BCUT2D eigenvalue weighted by molar-refractivity contribution is -0.160. The third kappa shape index (κ3) is 4.24. The molecule has 1 amide bonds. The second kappa shape index (κ2) is 7.33. The molecule has 0 saturated carbocycles. The van der Waals surface area contributed by atoms with Crippen molar-refractivity contribution in [1.29, 1.82) is 0 Å². The van der Waals surface area contributed by atoms with Crippen molar-refractivity contribution in [2.75, 3.05) is 13.1 Å². The molecule has 1 aliphatic heterocycles. The molecule has 3 rings (SSSR count). The van der Waals surface area contributed by atoms with E-state index in [1.807, 2.05) is 6.92 Å². The maximum atomic E-state index is 12.6. The third-order valence-electron chi connectivity index (χ3n) is 4.07. The van der Waals surface area contributed by atoms with Gasteiger partial charge in [-0.2, -0.15) is 0 Å². The molecule has 0 aliphatic carbocycles. The first-order chi connectivity index (χ1) is 11.9. The van der Waals surface area contributed by atoms with Gasteiger partial charge in [-0.05, 0) is 19.4 Å². The largest absolute Gasteiger partial charge is 0.479 e. The van der Waals surface area contributed by atoms with Crippen LogP contribution in [0.1, 0.15) is 33.5 Å². The van der Waals surface area contributed by atoms with E-state index in [-0.39, 0.29) is 18.6 Å². The number of carboxylic acids is 1. The summed E-state index contributed by atoms with van der Waals surface area (Å²) >= 11 is 1.44. The minimum absolute atomic E-state index is 0.0450. The lowest BCUT2D eigenvalue weighted by Crippen LogP contribution is -2.51. The summed E-state index contributed by atoms with van der Waals surface area (Å²) in [6, 6.07) is 8.21. The Kier molecular flexibility index (Phi) is 5.15. The molecule has 7 heteroatoms. The van der Waals surface area contributed by atoms with Gasteiger partial charge < -0.3 is 14.7 Å². The van der Waals surface area contributed by atoms with Crippen molar-refractivity contribution in [2.45, 2.75) is 32.5 Å². The summed E-state index contributed by atoms with van der Waals surface area (Å²) in [5.41, 5.74) is 2.71. The molecule has 0 bridgehead atoms. The molecule has 2 heterocycles. The van der Waals surface area contributed by atoms with E-state index in [9.17, 15) is 9.59 Å². The molecular formula is C18H20N2O4S. The zero-order valence-electron chi connectivity index (χ0n) is 14.1. The van der Waals surface area contributed by atoms with E-state index >= 15 is 0 Å². The van der Waals surface area contributed by atoms with E-state index < -0.39 is 12.1 Å². The number of thiazole rings is 1. The molecule has 1 saturated heterocycles. The van der Waals surface area contributed by atoms with Gasteiger partial charge in [-0.15, -0.1) is 11.3 Å². The van der Waals surface area contributed by atoms with Crippen LogP contribution in [0.5, 0.6) is 0 Å². The van der Waals surface area contributed by atoms with Crippen LogP contribution in [-0.4, -0.2) is 52.2 Å². The number of hydrogen-bond acceptors (Lipinski definition) is 5. The van der Waals surface area contributed by atoms with Crippen molar-refractivity contribution in [3.05, 3.63) is 51.5 Å². The minimum atomic E-state index is -1.05. The Morgan fingerprint density at radius 2 is 2.04 bits per heavy atom. The molecule has 1 aromatic carbocycles. The Morgan fingerprint density at radius 1 is 1.32 bits per heavy atom.